The summed E-state index contributed by atoms with van der Waals surface area (Å²) in [6.07, 6.45) is 2.33. The fourth-order valence-electron chi connectivity index (χ4n) is 1.45. The van der Waals surface area contributed by atoms with Gasteiger partial charge in [-0.2, -0.15) is 0 Å². The molecule has 0 saturated carbocycles. The molecule has 0 aromatic heterocycles. The Morgan fingerprint density at radius 1 is 1.73 bits per heavy atom. The molecule has 1 aliphatic heterocycles. The van der Waals surface area contributed by atoms with E-state index < -0.39 is 0 Å². The van der Waals surface area contributed by atoms with Crippen LogP contribution in [0.4, 0.5) is 0 Å². The van der Waals surface area contributed by atoms with Gasteiger partial charge in [0.05, 0.1) is 6.61 Å². The van der Waals surface area contributed by atoms with E-state index in [-0.39, 0.29) is 6.04 Å². The van der Waals surface area contributed by atoms with Gasteiger partial charge in [0.15, 0.2) is 0 Å². The van der Waals surface area contributed by atoms with Crippen molar-refractivity contribution in [2.75, 3.05) is 13.2 Å². The summed E-state index contributed by atoms with van der Waals surface area (Å²) in [6.45, 7) is 7.55. The van der Waals surface area contributed by atoms with Gasteiger partial charge in [-0.25, -0.2) is 0 Å². The highest BCUT2D eigenvalue weighted by molar-refractivity contribution is 5.03. The average molecular weight is 155 g/mol. The lowest BCUT2D eigenvalue weighted by atomic mass is 9.91. The predicted molar refractivity (Wildman–Crippen MR) is 46.3 cm³/mol. The molecule has 1 heterocycles. The van der Waals surface area contributed by atoms with Crippen molar-refractivity contribution < 1.29 is 4.74 Å². The molecule has 1 aliphatic rings. The zero-order valence-corrected chi connectivity index (χ0v) is 7.18. The van der Waals surface area contributed by atoms with Gasteiger partial charge in [0.2, 0.25) is 0 Å². The van der Waals surface area contributed by atoms with Crippen LogP contribution in [0.2, 0.25) is 0 Å². The number of ether oxygens (including phenoxy) is 1. The molecule has 0 spiro atoms. The van der Waals surface area contributed by atoms with Crippen molar-refractivity contribution in [1.82, 2.24) is 0 Å². The number of hydrogen-bond donors (Lipinski definition) is 1. The zero-order valence-electron chi connectivity index (χ0n) is 7.18. The summed E-state index contributed by atoms with van der Waals surface area (Å²) in [6, 6.07) is 0.135. The third-order valence-corrected chi connectivity index (χ3v) is 2.27. The molecule has 2 nitrogen and oxygen atoms in total. The summed E-state index contributed by atoms with van der Waals surface area (Å²) < 4.78 is 5.33. The Bertz CT molecular complexity index is 138. The summed E-state index contributed by atoms with van der Waals surface area (Å²) in [7, 11) is 0. The van der Waals surface area contributed by atoms with Crippen molar-refractivity contribution in [2.24, 2.45) is 11.7 Å². The van der Waals surface area contributed by atoms with Gasteiger partial charge < -0.3 is 10.5 Å². The molecule has 2 unspecified atom stereocenters. The van der Waals surface area contributed by atoms with Crippen LogP contribution < -0.4 is 5.73 Å². The van der Waals surface area contributed by atoms with Gasteiger partial charge in [-0.3, -0.25) is 0 Å². The van der Waals surface area contributed by atoms with Crippen LogP contribution in [-0.4, -0.2) is 19.3 Å². The van der Waals surface area contributed by atoms with Crippen LogP contribution in [0.25, 0.3) is 0 Å². The second kappa shape index (κ2) is 3.88. The van der Waals surface area contributed by atoms with Gasteiger partial charge in [0.1, 0.15) is 0 Å². The molecule has 0 amide bonds. The minimum Gasteiger partial charge on any atom is -0.381 e. The Balaban J connectivity index is 2.38. The van der Waals surface area contributed by atoms with E-state index in [0.717, 1.165) is 25.2 Å². The van der Waals surface area contributed by atoms with Crippen molar-refractivity contribution in [1.29, 1.82) is 0 Å². The lowest BCUT2D eigenvalue weighted by Crippen LogP contribution is -2.36. The molecule has 2 N–H and O–H groups in total. The standard InChI is InChI=1S/C9H17NO/c1-7(2)9(10)8-4-3-5-11-6-8/h8-9H,1,3-6,10H2,2H3. The highest BCUT2D eigenvalue weighted by Gasteiger charge is 2.20. The molecule has 0 aromatic rings. The van der Waals surface area contributed by atoms with E-state index in [4.69, 9.17) is 10.5 Å². The Morgan fingerprint density at radius 2 is 2.45 bits per heavy atom. The molecule has 1 saturated heterocycles. The quantitative estimate of drug-likeness (QED) is 0.610. The van der Waals surface area contributed by atoms with Gasteiger partial charge in [-0.05, 0) is 19.8 Å². The Hall–Kier alpha value is -0.340. The van der Waals surface area contributed by atoms with E-state index in [0.29, 0.717) is 5.92 Å². The van der Waals surface area contributed by atoms with Gasteiger partial charge in [0.25, 0.3) is 0 Å². The third kappa shape index (κ3) is 2.31. The molecular formula is C9H17NO. The largest absolute Gasteiger partial charge is 0.381 e. The third-order valence-electron chi connectivity index (χ3n) is 2.27. The molecule has 64 valence electrons. The Kier molecular flexibility index (Phi) is 3.09. The van der Waals surface area contributed by atoms with E-state index in [1.807, 2.05) is 6.92 Å². The fourth-order valence-corrected chi connectivity index (χ4v) is 1.45. The van der Waals surface area contributed by atoms with Crippen LogP contribution in [0.15, 0.2) is 12.2 Å². The molecule has 0 radical (unpaired) electrons. The highest BCUT2D eigenvalue weighted by Crippen LogP contribution is 2.19. The lowest BCUT2D eigenvalue weighted by molar-refractivity contribution is 0.0492. The van der Waals surface area contributed by atoms with Crippen LogP contribution >= 0.6 is 0 Å². The van der Waals surface area contributed by atoms with Gasteiger partial charge in [-0.1, -0.05) is 12.2 Å². The average Bonchev–Trinajstić information content (AvgIpc) is 2.05. The molecule has 2 heteroatoms. The van der Waals surface area contributed by atoms with Crippen LogP contribution in [0.3, 0.4) is 0 Å². The van der Waals surface area contributed by atoms with E-state index >= 15 is 0 Å². The highest BCUT2D eigenvalue weighted by atomic mass is 16.5. The van der Waals surface area contributed by atoms with E-state index in [2.05, 4.69) is 6.58 Å². The second-order valence-corrected chi connectivity index (χ2v) is 3.35. The first kappa shape index (κ1) is 8.75. The number of rotatable bonds is 2. The minimum atomic E-state index is 0.135. The summed E-state index contributed by atoms with van der Waals surface area (Å²) >= 11 is 0. The first-order chi connectivity index (χ1) is 5.22. The predicted octanol–water partition coefficient (Wildman–Crippen LogP) is 1.32. The van der Waals surface area contributed by atoms with E-state index in [9.17, 15) is 0 Å². The van der Waals surface area contributed by atoms with Gasteiger partial charge >= 0.3 is 0 Å². The van der Waals surface area contributed by atoms with Gasteiger partial charge in [0, 0.05) is 18.6 Å². The molecule has 0 aromatic carbocycles. The smallest absolute Gasteiger partial charge is 0.0512 e. The normalized spacial score (nSPS) is 28.0. The second-order valence-electron chi connectivity index (χ2n) is 3.35. The number of hydrogen-bond acceptors (Lipinski definition) is 2. The molecule has 1 fully saturated rings. The minimum absolute atomic E-state index is 0.135. The topological polar surface area (TPSA) is 35.2 Å². The van der Waals surface area contributed by atoms with Crippen LogP contribution in [-0.2, 0) is 4.74 Å². The maximum absolute atomic E-state index is 5.91. The summed E-state index contributed by atoms with van der Waals surface area (Å²) in [5, 5.41) is 0. The first-order valence-electron chi connectivity index (χ1n) is 4.20. The number of nitrogens with two attached hydrogens (primary N) is 1. The summed E-state index contributed by atoms with van der Waals surface area (Å²) in [5.41, 5.74) is 6.98. The summed E-state index contributed by atoms with van der Waals surface area (Å²) in [4.78, 5) is 0. The molecule has 0 aliphatic carbocycles. The van der Waals surface area contributed by atoms with Crippen molar-refractivity contribution in [3.63, 3.8) is 0 Å². The molecule has 2 atom stereocenters. The lowest BCUT2D eigenvalue weighted by Gasteiger charge is -2.27. The van der Waals surface area contributed by atoms with Crippen LogP contribution in [0.1, 0.15) is 19.8 Å². The van der Waals surface area contributed by atoms with Crippen molar-refractivity contribution in [3.8, 4) is 0 Å². The van der Waals surface area contributed by atoms with E-state index in [1.54, 1.807) is 0 Å². The zero-order chi connectivity index (χ0) is 8.27. The SMILES string of the molecule is C=C(C)C(N)C1CCCOC1. The summed E-state index contributed by atoms with van der Waals surface area (Å²) in [5.74, 6) is 0.501. The molecule has 11 heavy (non-hydrogen) atoms. The van der Waals surface area contributed by atoms with Crippen molar-refractivity contribution >= 4 is 0 Å². The molecular weight excluding hydrogens is 138 g/mol. The maximum atomic E-state index is 5.91. The van der Waals surface area contributed by atoms with Crippen molar-refractivity contribution in [3.05, 3.63) is 12.2 Å². The van der Waals surface area contributed by atoms with Crippen LogP contribution in [0.5, 0.6) is 0 Å². The maximum Gasteiger partial charge on any atom is 0.0512 e. The first-order valence-corrected chi connectivity index (χ1v) is 4.20. The molecule has 1 rings (SSSR count). The fraction of sp³-hybridized carbons (Fsp3) is 0.778. The van der Waals surface area contributed by atoms with Crippen LogP contribution in [0, 0.1) is 5.92 Å². The monoisotopic (exact) mass is 155 g/mol. The van der Waals surface area contributed by atoms with E-state index in [1.165, 1.54) is 6.42 Å². The van der Waals surface area contributed by atoms with Gasteiger partial charge in [-0.15, -0.1) is 0 Å². The van der Waals surface area contributed by atoms with Crippen molar-refractivity contribution in [2.45, 2.75) is 25.8 Å². The molecule has 0 bridgehead atoms. The Labute approximate surface area is 68.4 Å². The Morgan fingerprint density at radius 3 is 2.91 bits per heavy atom.